The van der Waals surface area contributed by atoms with Crippen LogP contribution < -0.4 is 0 Å². The Morgan fingerprint density at radius 1 is 1.26 bits per heavy atom. The molecule has 0 bridgehead atoms. The highest BCUT2D eigenvalue weighted by atomic mass is 32.2. The highest BCUT2D eigenvalue weighted by Crippen LogP contribution is 2.37. The number of hydrogen-bond donors (Lipinski definition) is 1. The van der Waals surface area contributed by atoms with Crippen LogP contribution in [0.5, 0.6) is 0 Å². The zero-order valence-corrected chi connectivity index (χ0v) is 11.5. The summed E-state index contributed by atoms with van der Waals surface area (Å²) in [4.78, 5) is 3.99. The third-order valence-corrected chi connectivity index (χ3v) is 5.48. The summed E-state index contributed by atoms with van der Waals surface area (Å²) in [5.41, 5.74) is 0.624. The Balaban J connectivity index is 1.85. The SMILES string of the molecule is O=S(=O)(c1ccc(CO)cn1)N(CC1CC1)C1CC1. The average molecular weight is 282 g/mol. The molecule has 1 heterocycles. The third-order valence-electron chi connectivity index (χ3n) is 3.64. The van der Waals surface area contributed by atoms with E-state index in [-0.39, 0.29) is 17.7 Å². The quantitative estimate of drug-likeness (QED) is 0.849. The Bertz CT molecular complexity index is 548. The molecule has 0 atom stereocenters. The lowest BCUT2D eigenvalue weighted by molar-refractivity contribution is 0.281. The minimum atomic E-state index is -3.48. The van der Waals surface area contributed by atoms with Gasteiger partial charge >= 0.3 is 0 Å². The first-order chi connectivity index (χ1) is 9.11. The van der Waals surface area contributed by atoms with Gasteiger partial charge < -0.3 is 5.11 Å². The molecule has 3 rings (SSSR count). The van der Waals surface area contributed by atoms with E-state index < -0.39 is 10.0 Å². The van der Waals surface area contributed by atoms with Gasteiger partial charge in [-0.25, -0.2) is 13.4 Å². The van der Waals surface area contributed by atoms with Gasteiger partial charge in [-0.05, 0) is 43.2 Å². The van der Waals surface area contributed by atoms with Gasteiger partial charge in [0.25, 0.3) is 10.0 Å². The molecule has 2 saturated carbocycles. The van der Waals surface area contributed by atoms with Crippen molar-refractivity contribution < 1.29 is 13.5 Å². The maximum atomic E-state index is 12.6. The van der Waals surface area contributed by atoms with Gasteiger partial charge in [0.05, 0.1) is 6.61 Å². The number of aromatic nitrogens is 1. The summed E-state index contributed by atoms with van der Waals surface area (Å²) < 4.78 is 26.8. The molecule has 104 valence electrons. The summed E-state index contributed by atoms with van der Waals surface area (Å²) in [5, 5.41) is 9.06. The second-order valence-electron chi connectivity index (χ2n) is 5.41. The molecule has 2 aliphatic rings. The molecule has 0 aliphatic heterocycles. The fraction of sp³-hybridized carbons (Fsp3) is 0.615. The Morgan fingerprint density at radius 2 is 2.00 bits per heavy atom. The summed E-state index contributed by atoms with van der Waals surface area (Å²) in [5.74, 6) is 0.534. The Morgan fingerprint density at radius 3 is 2.47 bits per heavy atom. The van der Waals surface area contributed by atoms with E-state index in [1.54, 1.807) is 10.4 Å². The van der Waals surface area contributed by atoms with Crippen molar-refractivity contribution in [3.63, 3.8) is 0 Å². The maximum Gasteiger partial charge on any atom is 0.260 e. The molecule has 1 N–H and O–H groups in total. The topological polar surface area (TPSA) is 70.5 Å². The van der Waals surface area contributed by atoms with Crippen LogP contribution in [0, 0.1) is 5.92 Å². The number of nitrogens with zero attached hydrogens (tertiary/aromatic N) is 2. The molecule has 5 nitrogen and oxygen atoms in total. The number of sulfonamides is 1. The van der Waals surface area contributed by atoms with Crippen LogP contribution in [0.2, 0.25) is 0 Å². The van der Waals surface area contributed by atoms with Crippen LogP contribution in [0.1, 0.15) is 31.2 Å². The molecule has 2 fully saturated rings. The van der Waals surface area contributed by atoms with Crippen LogP contribution in [0.3, 0.4) is 0 Å². The lowest BCUT2D eigenvalue weighted by atomic mass is 10.3. The summed E-state index contributed by atoms with van der Waals surface area (Å²) in [7, 11) is -3.48. The largest absolute Gasteiger partial charge is 0.392 e. The molecule has 2 aliphatic carbocycles. The van der Waals surface area contributed by atoms with E-state index in [0.29, 0.717) is 18.0 Å². The second kappa shape index (κ2) is 4.85. The summed E-state index contributed by atoms with van der Waals surface area (Å²) in [6, 6.07) is 3.27. The summed E-state index contributed by atoms with van der Waals surface area (Å²) in [6.45, 7) is 0.512. The first kappa shape index (κ1) is 13.0. The van der Waals surface area contributed by atoms with E-state index in [1.165, 1.54) is 12.3 Å². The first-order valence-corrected chi connectivity index (χ1v) is 8.13. The van der Waals surface area contributed by atoms with Crippen molar-refractivity contribution in [3.05, 3.63) is 23.9 Å². The van der Waals surface area contributed by atoms with Crippen molar-refractivity contribution in [1.82, 2.24) is 9.29 Å². The number of rotatable bonds is 6. The highest BCUT2D eigenvalue weighted by molar-refractivity contribution is 7.89. The van der Waals surface area contributed by atoms with Crippen molar-refractivity contribution in [2.45, 2.75) is 43.4 Å². The standard InChI is InChI=1S/C13H18N2O3S/c16-9-11-3-6-13(14-7-11)19(17,18)15(12-4-5-12)8-10-1-2-10/h3,6-7,10,12,16H,1-2,4-5,8-9H2. The van der Waals surface area contributed by atoms with Gasteiger partial charge in [0.1, 0.15) is 0 Å². The summed E-state index contributed by atoms with van der Waals surface area (Å²) >= 11 is 0. The fourth-order valence-electron chi connectivity index (χ4n) is 2.14. The van der Waals surface area contributed by atoms with Crippen LogP contribution in [0.25, 0.3) is 0 Å². The Hall–Kier alpha value is -0.980. The molecule has 0 unspecified atom stereocenters. The van der Waals surface area contributed by atoms with Crippen LogP contribution in [-0.2, 0) is 16.6 Å². The Labute approximate surface area is 113 Å². The van der Waals surface area contributed by atoms with Gasteiger partial charge in [0, 0.05) is 18.8 Å². The van der Waals surface area contributed by atoms with Gasteiger partial charge in [-0.15, -0.1) is 0 Å². The van der Waals surface area contributed by atoms with E-state index in [4.69, 9.17) is 5.11 Å². The van der Waals surface area contributed by atoms with Gasteiger partial charge in [-0.3, -0.25) is 0 Å². The minimum Gasteiger partial charge on any atom is -0.392 e. The third kappa shape index (κ3) is 2.80. The van der Waals surface area contributed by atoms with Crippen molar-refractivity contribution in [3.8, 4) is 0 Å². The van der Waals surface area contributed by atoms with Crippen molar-refractivity contribution in [1.29, 1.82) is 0 Å². The number of aliphatic hydroxyl groups excluding tert-OH is 1. The monoisotopic (exact) mass is 282 g/mol. The van der Waals surface area contributed by atoms with Gasteiger partial charge in [-0.2, -0.15) is 4.31 Å². The molecule has 0 amide bonds. The Kier molecular flexibility index (Phi) is 3.32. The molecule has 0 saturated heterocycles. The van der Waals surface area contributed by atoms with E-state index in [2.05, 4.69) is 4.98 Å². The predicted molar refractivity (Wildman–Crippen MR) is 69.8 cm³/mol. The van der Waals surface area contributed by atoms with Crippen LogP contribution in [0.4, 0.5) is 0 Å². The number of aliphatic hydroxyl groups is 1. The molecular formula is C13H18N2O3S. The first-order valence-electron chi connectivity index (χ1n) is 6.69. The molecule has 19 heavy (non-hydrogen) atoms. The summed E-state index contributed by atoms with van der Waals surface area (Å²) in [6.07, 6.45) is 5.61. The molecule has 6 heteroatoms. The second-order valence-corrected chi connectivity index (χ2v) is 7.25. The minimum absolute atomic E-state index is 0.0947. The van der Waals surface area contributed by atoms with E-state index in [1.807, 2.05) is 0 Å². The molecule has 0 aromatic carbocycles. The molecule has 0 radical (unpaired) electrons. The van der Waals surface area contributed by atoms with Crippen LogP contribution in [0.15, 0.2) is 23.4 Å². The zero-order chi connectivity index (χ0) is 13.5. The van der Waals surface area contributed by atoms with E-state index in [0.717, 1.165) is 25.7 Å². The number of pyridine rings is 1. The van der Waals surface area contributed by atoms with Crippen LogP contribution >= 0.6 is 0 Å². The van der Waals surface area contributed by atoms with Crippen molar-refractivity contribution in [2.75, 3.05) is 6.54 Å². The lowest BCUT2D eigenvalue weighted by Crippen LogP contribution is -2.35. The van der Waals surface area contributed by atoms with Crippen molar-refractivity contribution in [2.24, 2.45) is 5.92 Å². The predicted octanol–water partition coefficient (Wildman–Crippen LogP) is 1.14. The molecule has 1 aromatic heterocycles. The maximum absolute atomic E-state index is 12.6. The smallest absolute Gasteiger partial charge is 0.260 e. The lowest BCUT2D eigenvalue weighted by Gasteiger charge is -2.21. The van der Waals surface area contributed by atoms with Crippen molar-refractivity contribution >= 4 is 10.0 Å². The molecule has 0 spiro atoms. The average Bonchev–Trinajstić information content (AvgIpc) is 3.28. The highest BCUT2D eigenvalue weighted by Gasteiger charge is 2.41. The van der Waals surface area contributed by atoms with Crippen LogP contribution in [-0.4, -0.2) is 35.4 Å². The van der Waals surface area contributed by atoms with E-state index in [9.17, 15) is 8.42 Å². The van der Waals surface area contributed by atoms with E-state index >= 15 is 0 Å². The van der Waals surface area contributed by atoms with Gasteiger partial charge in [0.15, 0.2) is 5.03 Å². The normalized spacial score (nSPS) is 19.9. The molecule has 1 aromatic rings. The molecular weight excluding hydrogens is 264 g/mol. The fourth-order valence-corrected chi connectivity index (χ4v) is 3.81. The van der Waals surface area contributed by atoms with Gasteiger partial charge in [0.2, 0.25) is 0 Å². The number of hydrogen-bond acceptors (Lipinski definition) is 4. The van der Waals surface area contributed by atoms with Gasteiger partial charge in [-0.1, -0.05) is 6.07 Å². The zero-order valence-electron chi connectivity index (χ0n) is 10.7.